The van der Waals surface area contributed by atoms with Gasteiger partial charge in [-0.3, -0.25) is 0 Å². The van der Waals surface area contributed by atoms with Crippen molar-refractivity contribution in [3.05, 3.63) is 12.8 Å². The van der Waals surface area contributed by atoms with Crippen LogP contribution >= 0.6 is 0 Å². The van der Waals surface area contributed by atoms with Gasteiger partial charge in [0.2, 0.25) is 0 Å². The topological polar surface area (TPSA) is 12.4 Å². The molecule has 0 aliphatic heterocycles. The normalized spacial score (nSPS) is 9.38. The fraction of sp³-hybridized carbons (Fsp3) is 0.500. The molecule has 0 atom stereocenters. The first kappa shape index (κ1) is 11.3. The fourth-order valence-electron chi connectivity index (χ4n) is 0.192. The SMILES string of the molecule is [CH-]=CN=[C-]C(C)C.[Y]. The third-order valence-electron chi connectivity index (χ3n) is 0.407. The summed E-state index contributed by atoms with van der Waals surface area (Å²) in [6, 6.07) is 0. The Morgan fingerprint density at radius 3 is 2.25 bits per heavy atom. The van der Waals surface area contributed by atoms with Gasteiger partial charge in [0.25, 0.3) is 0 Å². The Balaban J connectivity index is 0. The third-order valence-corrected chi connectivity index (χ3v) is 0.407. The van der Waals surface area contributed by atoms with Crippen molar-refractivity contribution in [2.45, 2.75) is 13.8 Å². The molecule has 1 radical (unpaired) electrons. The Hall–Kier alpha value is 0.514. The van der Waals surface area contributed by atoms with Crippen LogP contribution in [0.15, 0.2) is 11.2 Å². The summed E-state index contributed by atoms with van der Waals surface area (Å²) in [6.07, 6.45) is 3.98. The molecule has 0 N–H and O–H groups in total. The summed E-state index contributed by atoms with van der Waals surface area (Å²) in [5.74, 6) is 0.375. The van der Waals surface area contributed by atoms with Crippen LogP contribution in [0.25, 0.3) is 0 Å². The summed E-state index contributed by atoms with van der Waals surface area (Å²) >= 11 is 0. The molecule has 0 unspecified atom stereocenters. The minimum atomic E-state index is 0. The summed E-state index contributed by atoms with van der Waals surface area (Å²) in [6.45, 7) is 8.91. The Labute approximate surface area is 76.2 Å². The zero-order chi connectivity index (χ0) is 5.70. The number of nitrogens with zero attached hydrogens (tertiary/aromatic N) is 1. The van der Waals surface area contributed by atoms with Crippen LogP contribution in [0.4, 0.5) is 0 Å². The zero-order valence-electron chi connectivity index (χ0n) is 5.26. The molecule has 0 spiro atoms. The molecule has 0 saturated carbocycles. The van der Waals surface area contributed by atoms with E-state index in [9.17, 15) is 0 Å². The van der Waals surface area contributed by atoms with E-state index in [-0.39, 0.29) is 32.7 Å². The summed E-state index contributed by atoms with van der Waals surface area (Å²) in [5.41, 5.74) is 0. The first-order valence-electron chi connectivity index (χ1n) is 2.26. The predicted molar refractivity (Wildman–Crippen MR) is 31.1 cm³/mol. The second-order valence-corrected chi connectivity index (χ2v) is 1.56. The van der Waals surface area contributed by atoms with E-state index < -0.39 is 0 Å². The molecule has 43 valence electrons. The van der Waals surface area contributed by atoms with Crippen molar-refractivity contribution in [3.63, 3.8) is 0 Å². The van der Waals surface area contributed by atoms with Gasteiger partial charge in [-0.25, -0.2) is 0 Å². The van der Waals surface area contributed by atoms with E-state index in [1.165, 1.54) is 6.20 Å². The van der Waals surface area contributed by atoms with Crippen molar-refractivity contribution < 1.29 is 32.7 Å². The molecule has 0 amide bonds. The van der Waals surface area contributed by atoms with Crippen LogP contribution < -0.4 is 0 Å². The number of hydrogen-bond donors (Lipinski definition) is 0. The monoisotopic (exact) mass is 184 g/mol. The van der Waals surface area contributed by atoms with Crippen LogP contribution in [-0.4, -0.2) is 6.21 Å². The van der Waals surface area contributed by atoms with Crippen LogP contribution in [0.5, 0.6) is 0 Å². The van der Waals surface area contributed by atoms with Crippen molar-refractivity contribution in [2.75, 3.05) is 0 Å². The van der Waals surface area contributed by atoms with Gasteiger partial charge in [-0.1, -0.05) is 19.8 Å². The van der Waals surface area contributed by atoms with E-state index >= 15 is 0 Å². The molecule has 0 rings (SSSR count). The second-order valence-electron chi connectivity index (χ2n) is 1.56. The third kappa shape index (κ3) is 9.72. The van der Waals surface area contributed by atoms with Crippen LogP contribution in [0.3, 0.4) is 0 Å². The van der Waals surface area contributed by atoms with Crippen molar-refractivity contribution in [2.24, 2.45) is 10.9 Å². The Bertz CT molecular complexity index is 76.6. The summed E-state index contributed by atoms with van der Waals surface area (Å²) in [7, 11) is 0. The average molecular weight is 184 g/mol. The molecule has 0 heterocycles. The van der Waals surface area contributed by atoms with Gasteiger partial charge in [-0.2, -0.15) is 6.21 Å². The van der Waals surface area contributed by atoms with Crippen molar-refractivity contribution in [3.8, 4) is 0 Å². The molecule has 0 aliphatic rings. The predicted octanol–water partition coefficient (Wildman–Crippen LogP) is 1.53. The van der Waals surface area contributed by atoms with Crippen molar-refractivity contribution >= 4 is 6.21 Å². The molecular formula is C6H9NY-2. The van der Waals surface area contributed by atoms with Gasteiger partial charge in [0.05, 0.1) is 0 Å². The van der Waals surface area contributed by atoms with Gasteiger partial charge < -0.3 is 17.8 Å². The molecule has 2 heteroatoms. The second kappa shape index (κ2) is 7.51. The van der Waals surface area contributed by atoms with Gasteiger partial charge in [0.1, 0.15) is 0 Å². The quantitative estimate of drug-likeness (QED) is 0.455. The first-order valence-corrected chi connectivity index (χ1v) is 2.26. The molecule has 0 aliphatic carbocycles. The van der Waals surface area contributed by atoms with Gasteiger partial charge in [0.15, 0.2) is 0 Å². The van der Waals surface area contributed by atoms with Crippen LogP contribution in [0.2, 0.25) is 0 Å². The molecule has 0 bridgehead atoms. The van der Waals surface area contributed by atoms with E-state index in [2.05, 4.69) is 11.2 Å². The maximum Gasteiger partial charge on any atom is 0 e. The molecule has 0 aromatic heterocycles. The smallest absolute Gasteiger partial charge is 0 e. The molecular weight excluding hydrogens is 175 g/mol. The molecule has 0 aromatic carbocycles. The van der Waals surface area contributed by atoms with E-state index in [1.54, 1.807) is 0 Å². The van der Waals surface area contributed by atoms with E-state index in [0.717, 1.165) is 0 Å². The summed E-state index contributed by atoms with van der Waals surface area (Å²) < 4.78 is 0. The van der Waals surface area contributed by atoms with E-state index in [0.29, 0.717) is 5.92 Å². The number of rotatable bonds is 2. The fourth-order valence-corrected chi connectivity index (χ4v) is 0.192. The Kier molecular flexibility index (Phi) is 10.6. The molecule has 8 heavy (non-hydrogen) atoms. The maximum atomic E-state index is 4.92. The Morgan fingerprint density at radius 2 is 2.12 bits per heavy atom. The van der Waals surface area contributed by atoms with Gasteiger partial charge in [0, 0.05) is 32.7 Å². The Morgan fingerprint density at radius 1 is 1.62 bits per heavy atom. The maximum absolute atomic E-state index is 4.92. The molecule has 0 fully saturated rings. The van der Waals surface area contributed by atoms with Crippen molar-refractivity contribution in [1.82, 2.24) is 0 Å². The molecule has 1 nitrogen and oxygen atoms in total. The molecule has 0 saturated heterocycles. The van der Waals surface area contributed by atoms with E-state index in [1.807, 2.05) is 13.8 Å². The summed E-state index contributed by atoms with van der Waals surface area (Å²) in [5, 5.41) is 0. The largest absolute Gasteiger partial charge is 0.601 e. The van der Waals surface area contributed by atoms with E-state index in [4.69, 9.17) is 6.58 Å². The van der Waals surface area contributed by atoms with Crippen LogP contribution in [0, 0.1) is 12.5 Å². The standard InChI is InChI=1S/C6H9N.Y/c1-4-7-5-6(2)3;/h1,4,6H,2-3H3;/q-2;. The van der Waals surface area contributed by atoms with Gasteiger partial charge in [-0.15, -0.1) is 0 Å². The minimum absolute atomic E-state index is 0. The van der Waals surface area contributed by atoms with Gasteiger partial charge >= 0.3 is 0 Å². The average Bonchev–Trinajstić information content (AvgIpc) is 1.61. The minimum Gasteiger partial charge on any atom is -0.601 e. The summed E-state index contributed by atoms with van der Waals surface area (Å²) in [4.78, 5) is 3.57. The van der Waals surface area contributed by atoms with Crippen LogP contribution in [0.1, 0.15) is 13.8 Å². The molecule has 0 aromatic rings. The van der Waals surface area contributed by atoms with Gasteiger partial charge in [-0.05, 0) is 0 Å². The van der Waals surface area contributed by atoms with Crippen molar-refractivity contribution in [1.29, 1.82) is 0 Å². The van der Waals surface area contributed by atoms with Crippen LogP contribution in [-0.2, 0) is 32.7 Å². The zero-order valence-corrected chi connectivity index (χ0v) is 8.09. The number of hydrogen-bond acceptors (Lipinski definition) is 1. The number of aliphatic imine (C=N–C) groups is 1. The first-order chi connectivity index (χ1) is 3.27.